The first-order chi connectivity index (χ1) is 13.8. The number of rotatable bonds is 5. The van der Waals surface area contributed by atoms with Gasteiger partial charge in [-0.2, -0.15) is 0 Å². The van der Waals surface area contributed by atoms with E-state index in [-0.39, 0.29) is 10.7 Å². The molecule has 0 radical (unpaired) electrons. The van der Waals surface area contributed by atoms with Gasteiger partial charge in [0.1, 0.15) is 15.7 Å². The van der Waals surface area contributed by atoms with E-state index in [9.17, 15) is 8.42 Å². The van der Waals surface area contributed by atoms with E-state index < -0.39 is 10.0 Å². The molecule has 4 rings (SSSR count). The van der Waals surface area contributed by atoms with Crippen LogP contribution in [0.25, 0.3) is 22.0 Å². The standard InChI is InChI=1S/C20H17ClN4O2S2/c1-13-18(29(26,27)24-19-8-3-4-9-22-19)11-17(25(13)2)20-23-16(12-28-20)14-6-5-7-15(21)10-14/h3-12H,1-2H3,(H,22,24). The maximum Gasteiger partial charge on any atom is 0.264 e. The Kier molecular flexibility index (Phi) is 5.16. The van der Waals surface area contributed by atoms with Gasteiger partial charge >= 0.3 is 0 Å². The summed E-state index contributed by atoms with van der Waals surface area (Å²) in [4.78, 5) is 8.91. The van der Waals surface area contributed by atoms with Gasteiger partial charge in [0, 0.05) is 34.9 Å². The van der Waals surface area contributed by atoms with Crippen LogP contribution in [-0.2, 0) is 17.1 Å². The molecule has 0 saturated heterocycles. The fraction of sp³-hybridized carbons (Fsp3) is 0.100. The molecule has 3 heterocycles. The van der Waals surface area contributed by atoms with E-state index >= 15 is 0 Å². The summed E-state index contributed by atoms with van der Waals surface area (Å²) < 4.78 is 30.1. The molecule has 29 heavy (non-hydrogen) atoms. The summed E-state index contributed by atoms with van der Waals surface area (Å²) in [6.45, 7) is 1.77. The molecule has 3 aromatic heterocycles. The van der Waals surface area contributed by atoms with Crippen LogP contribution < -0.4 is 4.72 Å². The van der Waals surface area contributed by atoms with Crippen molar-refractivity contribution in [3.05, 3.63) is 70.8 Å². The monoisotopic (exact) mass is 444 g/mol. The normalized spacial score (nSPS) is 11.6. The zero-order chi connectivity index (χ0) is 20.6. The zero-order valence-electron chi connectivity index (χ0n) is 15.6. The van der Waals surface area contributed by atoms with Crippen molar-refractivity contribution in [2.45, 2.75) is 11.8 Å². The van der Waals surface area contributed by atoms with Crippen LogP contribution in [0.15, 0.2) is 65.0 Å². The van der Waals surface area contributed by atoms with Crippen LogP contribution in [0, 0.1) is 6.92 Å². The average molecular weight is 445 g/mol. The number of pyridine rings is 1. The predicted molar refractivity (Wildman–Crippen MR) is 117 cm³/mol. The Bertz CT molecular complexity index is 1280. The Hall–Kier alpha value is -2.68. The summed E-state index contributed by atoms with van der Waals surface area (Å²) in [7, 11) is -1.95. The van der Waals surface area contributed by atoms with Crippen LogP contribution in [0.2, 0.25) is 5.02 Å². The van der Waals surface area contributed by atoms with E-state index in [0.29, 0.717) is 10.7 Å². The molecule has 0 aliphatic rings. The number of nitrogens with zero attached hydrogens (tertiary/aromatic N) is 3. The second-order valence-electron chi connectivity index (χ2n) is 6.41. The van der Waals surface area contributed by atoms with Crippen molar-refractivity contribution in [3.63, 3.8) is 0 Å². The van der Waals surface area contributed by atoms with Crippen LogP contribution in [-0.4, -0.2) is 23.0 Å². The molecule has 0 unspecified atom stereocenters. The van der Waals surface area contributed by atoms with Gasteiger partial charge in [-0.15, -0.1) is 11.3 Å². The van der Waals surface area contributed by atoms with Gasteiger partial charge in [0.2, 0.25) is 0 Å². The molecule has 0 amide bonds. The highest BCUT2D eigenvalue weighted by Crippen LogP contribution is 2.33. The van der Waals surface area contributed by atoms with Gasteiger partial charge < -0.3 is 4.57 Å². The highest BCUT2D eigenvalue weighted by molar-refractivity contribution is 7.92. The topological polar surface area (TPSA) is 76.9 Å². The lowest BCUT2D eigenvalue weighted by molar-refractivity contribution is 0.600. The zero-order valence-corrected chi connectivity index (χ0v) is 18.0. The van der Waals surface area contributed by atoms with Gasteiger partial charge in [-0.3, -0.25) is 4.72 Å². The average Bonchev–Trinajstić information content (AvgIpc) is 3.28. The van der Waals surface area contributed by atoms with E-state index in [1.807, 2.05) is 41.3 Å². The Morgan fingerprint density at radius 3 is 2.69 bits per heavy atom. The van der Waals surface area contributed by atoms with Crippen molar-refractivity contribution in [2.24, 2.45) is 7.05 Å². The summed E-state index contributed by atoms with van der Waals surface area (Å²) in [6, 6.07) is 14.2. The Labute approximate surface area is 177 Å². The van der Waals surface area contributed by atoms with Crippen LogP contribution in [0.1, 0.15) is 5.69 Å². The molecule has 1 aromatic carbocycles. The number of anilines is 1. The van der Waals surface area contributed by atoms with E-state index in [0.717, 1.165) is 22.0 Å². The molecule has 4 aromatic rings. The summed E-state index contributed by atoms with van der Waals surface area (Å²) in [5.74, 6) is 0.273. The summed E-state index contributed by atoms with van der Waals surface area (Å²) in [5, 5.41) is 3.30. The lowest BCUT2D eigenvalue weighted by Crippen LogP contribution is -2.14. The SMILES string of the molecule is Cc1c(S(=O)(=O)Nc2ccccn2)cc(-c2nc(-c3cccc(Cl)c3)cs2)n1C. The molecule has 1 N–H and O–H groups in total. The van der Waals surface area contributed by atoms with E-state index in [4.69, 9.17) is 11.6 Å². The minimum Gasteiger partial charge on any atom is -0.345 e. The Balaban J connectivity index is 1.71. The molecule has 0 fully saturated rings. The molecule has 0 spiro atoms. The summed E-state index contributed by atoms with van der Waals surface area (Å²) in [6.07, 6.45) is 1.54. The van der Waals surface area contributed by atoms with Gasteiger partial charge in [0.25, 0.3) is 10.0 Å². The molecular weight excluding hydrogens is 428 g/mol. The first-order valence-corrected chi connectivity index (χ1v) is 11.4. The highest BCUT2D eigenvalue weighted by Gasteiger charge is 2.24. The van der Waals surface area contributed by atoms with Crippen LogP contribution in [0.3, 0.4) is 0 Å². The van der Waals surface area contributed by atoms with E-state index in [2.05, 4.69) is 14.7 Å². The molecule has 148 valence electrons. The molecule has 0 bridgehead atoms. The molecule has 6 nitrogen and oxygen atoms in total. The number of benzene rings is 1. The Morgan fingerprint density at radius 1 is 1.14 bits per heavy atom. The fourth-order valence-corrected chi connectivity index (χ4v) is 5.30. The number of hydrogen-bond donors (Lipinski definition) is 1. The third kappa shape index (κ3) is 3.91. The highest BCUT2D eigenvalue weighted by atomic mass is 35.5. The fourth-order valence-electron chi connectivity index (χ4n) is 2.94. The number of thiazole rings is 1. The third-order valence-corrected chi connectivity index (χ3v) is 7.10. The van der Waals surface area contributed by atoms with Gasteiger partial charge in [0.15, 0.2) is 0 Å². The second-order valence-corrected chi connectivity index (χ2v) is 9.35. The minimum absolute atomic E-state index is 0.195. The lowest BCUT2D eigenvalue weighted by Gasteiger charge is -2.07. The second kappa shape index (κ2) is 7.62. The third-order valence-electron chi connectivity index (χ3n) is 4.53. The molecule has 0 aliphatic heterocycles. The number of nitrogens with one attached hydrogen (secondary N) is 1. The van der Waals surface area contributed by atoms with Gasteiger partial charge in [-0.05, 0) is 37.3 Å². The molecular formula is C20H17ClN4O2S2. The molecule has 9 heteroatoms. The van der Waals surface area contributed by atoms with E-state index in [1.54, 1.807) is 31.2 Å². The maximum atomic E-state index is 12.9. The summed E-state index contributed by atoms with van der Waals surface area (Å²) >= 11 is 7.53. The van der Waals surface area contributed by atoms with Crippen LogP contribution in [0.4, 0.5) is 5.82 Å². The van der Waals surface area contributed by atoms with Crippen LogP contribution >= 0.6 is 22.9 Å². The molecule has 0 saturated carbocycles. The largest absolute Gasteiger partial charge is 0.345 e. The van der Waals surface area contributed by atoms with Crippen molar-refractivity contribution in [1.82, 2.24) is 14.5 Å². The number of halogens is 1. The first-order valence-electron chi connectivity index (χ1n) is 8.67. The predicted octanol–water partition coefficient (Wildman–Crippen LogP) is 4.97. The maximum absolute atomic E-state index is 12.9. The Morgan fingerprint density at radius 2 is 1.97 bits per heavy atom. The number of aromatic nitrogens is 3. The number of hydrogen-bond acceptors (Lipinski definition) is 5. The van der Waals surface area contributed by atoms with Crippen molar-refractivity contribution in [2.75, 3.05) is 4.72 Å². The van der Waals surface area contributed by atoms with Crippen LogP contribution in [0.5, 0.6) is 0 Å². The lowest BCUT2D eigenvalue weighted by atomic mass is 10.2. The van der Waals surface area contributed by atoms with Crippen molar-refractivity contribution in [1.29, 1.82) is 0 Å². The van der Waals surface area contributed by atoms with Gasteiger partial charge in [-0.25, -0.2) is 18.4 Å². The smallest absolute Gasteiger partial charge is 0.264 e. The van der Waals surface area contributed by atoms with E-state index in [1.165, 1.54) is 17.5 Å². The van der Waals surface area contributed by atoms with Crippen molar-refractivity contribution < 1.29 is 8.42 Å². The molecule has 0 aliphatic carbocycles. The number of sulfonamides is 1. The van der Waals surface area contributed by atoms with Gasteiger partial charge in [-0.1, -0.05) is 29.8 Å². The molecule has 0 atom stereocenters. The summed E-state index contributed by atoms with van der Waals surface area (Å²) in [5.41, 5.74) is 3.04. The first kappa shape index (κ1) is 19.6. The van der Waals surface area contributed by atoms with Gasteiger partial charge in [0.05, 0.1) is 11.4 Å². The minimum atomic E-state index is -3.78. The van der Waals surface area contributed by atoms with Crippen molar-refractivity contribution >= 4 is 38.8 Å². The van der Waals surface area contributed by atoms with Crippen molar-refractivity contribution in [3.8, 4) is 22.0 Å². The quantitative estimate of drug-likeness (QED) is 0.471.